The van der Waals surface area contributed by atoms with E-state index < -0.39 is 0 Å². The Morgan fingerprint density at radius 1 is 1.31 bits per heavy atom. The zero-order chi connectivity index (χ0) is 10.3. The molecule has 0 saturated heterocycles. The van der Waals surface area contributed by atoms with Gasteiger partial charge in [-0.15, -0.1) is 6.42 Å². The summed E-state index contributed by atoms with van der Waals surface area (Å²) in [6, 6.07) is 5.69. The maximum atomic E-state index is 5.27. The number of hydrogen-bond donors (Lipinski definition) is 0. The minimum atomic E-state index is 0.848. The molecule has 0 fully saturated rings. The molecule has 0 aliphatic carbocycles. The van der Waals surface area contributed by atoms with Gasteiger partial charge in [0, 0.05) is 11.1 Å². The van der Waals surface area contributed by atoms with E-state index in [-0.39, 0.29) is 0 Å². The van der Waals surface area contributed by atoms with E-state index in [4.69, 9.17) is 11.2 Å². The van der Waals surface area contributed by atoms with Gasteiger partial charge in [-0.25, -0.2) is 0 Å². The van der Waals surface area contributed by atoms with E-state index >= 15 is 0 Å². The number of terminal acetylenes is 1. The molecule has 0 spiro atoms. The summed E-state index contributed by atoms with van der Waals surface area (Å²) in [5, 5.41) is 0. The second-order valence-electron chi connectivity index (χ2n) is 2.28. The molecule has 1 heteroatoms. The third-order valence-electron chi connectivity index (χ3n) is 1.66. The fourth-order valence-electron chi connectivity index (χ4n) is 0.992. The fraction of sp³-hybridized carbons (Fsp3) is 0.333. The first-order valence-corrected chi connectivity index (χ1v) is 4.40. The van der Waals surface area contributed by atoms with E-state index in [0.717, 1.165) is 16.9 Å². The fourth-order valence-corrected chi connectivity index (χ4v) is 0.992. The van der Waals surface area contributed by atoms with Crippen molar-refractivity contribution in [3.8, 4) is 18.1 Å². The van der Waals surface area contributed by atoms with Crippen molar-refractivity contribution in [2.45, 2.75) is 20.8 Å². The topological polar surface area (TPSA) is 9.23 Å². The van der Waals surface area contributed by atoms with Crippen LogP contribution in [0.1, 0.15) is 25.0 Å². The zero-order valence-corrected chi connectivity index (χ0v) is 8.72. The second kappa shape index (κ2) is 6.14. The molecule has 1 rings (SSSR count). The quantitative estimate of drug-likeness (QED) is 0.598. The van der Waals surface area contributed by atoms with Crippen LogP contribution < -0.4 is 4.74 Å². The summed E-state index contributed by atoms with van der Waals surface area (Å²) in [5.41, 5.74) is 1.92. The monoisotopic (exact) mass is 176 g/mol. The molecule has 0 radical (unpaired) electrons. The average Bonchev–Trinajstić information content (AvgIpc) is 2.21. The van der Waals surface area contributed by atoms with E-state index in [1.807, 2.05) is 39.0 Å². The lowest BCUT2D eigenvalue weighted by Crippen LogP contribution is -1.89. The maximum Gasteiger partial charge on any atom is 0.123 e. The predicted molar refractivity (Wildman–Crippen MR) is 57.0 cm³/mol. The highest BCUT2D eigenvalue weighted by Gasteiger charge is 1.99. The van der Waals surface area contributed by atoms with Crippen LogP contribution in [0.5, 0.6) is 5.75 Å². The van der Waals surface area contributed by atoms with Crippen LogP contribution in [0, 0.1) is 19.3 Å². The lowest BCUT2D eigenvalue weighted by Gasteiger charge is -2.04. The van der Waals surface area contributed by atoms with Crippen LogP contribution >= 0.6 is 0 Å². The van der Waals surface area contributed by atoms with Gasteiger partial charge in [-0.3, -0.25) is 0 Å². The standard InChI is InChI=1S/C10H10O.C2H6/c1-4-9-6-5-7-10(11-3)8(9)2;1-2/h1,5-7H,2-3H3;1-2H3. The number of hydrogen-bond acceptors (Lipinski definition) is 1. The molecule has 0 aliphatic rings. The van der Waals surface area contributed by atoms with Crippen molar-refractivity contribution >= 4 is 0 Å². The van der Waals surface area contributed by atoms with Crippen molar-refractivity contribution in [1.29, 1.82) is 0 Å². The van der Waals surface area contributed by atoms with E-state index in [1.54, 1.807) is 7.11 Å². The molecule has 1 nitrogen and oxygen atoms in total. The highest BCUT2D eigenvalue weighted by atomic mass is 16.5. The number of methoxy groups -OCH3 is 1. The van der Waals surface area contributed by atoms with Crippen molar-refractivity contribution in [3.63, 3.8) is 0 Å². The minimum absolute atomic E-state index is 0.848. The van der Waals surface area contributed by atoms with E-state index in [0.29, 0.717) is 0 Å². The molecular formula is C12H16O. The highest BCUT2D eigenvalue weighted by molar-refractivity contribution is 5.46. The smallest absolute Gasteiger partial charge is 0.123 e. The second-order valence-corrected chi connectivity index (χ2v) is 2.28. The van der Waals surface area contributed by atoms with Crippen molar-refractivity contribution < 1.29 is 4.74 Å². The summed E-state index contributed by atoms with van der Waals surface area (Å²) in [7, 11) is 1.64. The zero-order valence-electron chi connectivity index (χ0n) is 8.72. The van der Waals surface area contributed by atoms with E-state index in [1.165, 1.54) is 0 Å². The first kappa shape index (κ1) is 11.6. The van der Waals surface area contributed by atoms with Gasteiger partial charge in [0.25, 0.3) is 0 Å². The van der Waals surface area contributed by atoms with Crippen LogP contribution in [0.25, 0.3) is 0 Å². The molecule has 1 aromatic carbocycles. The Hall–Kier alpha value is -1.42. The SMILES string of the molecule is C#Cc1cccc(OC)c1C.CC. The summed E-state index contributed by atoms with van der Waals surface area (Å²) in [6.07, 6.45) is 5.27. The third-order valence-corrected chi connectivity index (χ3v) is 1.66. The van der Waals surface area contributed by atoms with Gasteiger partial charge in [-0.1, -0.05) is 25.8 Å². The molecule has 1 aromatic rings. The van der Waals surface area contributed by atoms with Crippen molar-refractivity contribution in [2.75, 3.05) is 7.11 Å². The Morgan fingerprint density at radius 3 is 2.38 bits per heavy atom. The summed E-state index contributed by atoms with van der Waals surface area (Å²) >= 11 is 0. The van der Waals surface area contributed by atoms with Crippen LogP contribution in [-0.4, -0.2) is 7.11 Å². The maximum absolute atomic E-state index is 5.27. The Labute approximate surface area is 80.7 Å². The Bertz CT molecular complexity index is 294. The number of ether oxygens (including phenoxy) is 1. The summed E-state index contributed by atoms with van der Waals surface area (Å²) in [6.45, 7) is 5.95. The molecule has 70 valence electrons. The van der Waals surface area contributed by atoms with Crippen molar-refractivity contribution in [2.24, 2.45) is 0 Å². The molecule has 0 heterocycles. The van der Waals surface area contributed by atoms with Gasteiger partial charge in [0.1, 0.15) is 5.75 Å². The third kappa shape index (κ3) is 2.83. The largest absolute Gasteiger partial charge is 0.496 e. The lowest BCUT2D eigenvalue weighted by atomic mass is 10.1. The molecule has 0 aliphatic heterocycles. The van der Waals surface area contributed by atoms with Gasteiger partial charge in [-0.05, 0) is 19.1 Å². The summed E-state index contributed by atoms with van der Waals surface area (Å²) < 4.78 is 5.09. The van der Waals surface area contributed by atoms with Crippen molar-refractivity contribution in [1.82, 2.24) is 0 Å². The minimum Gasteiger partial charge on any atom is -0.496 e. The first-order valence-electron chi connectivity index (χ1n) is 4.40. The Kier molecular flexibility index (Phi) is 5.47. The summed E-state index contributed by atoms with van der Waals surface area (Å²) in [4.78, 5) is 0. The van der Waals surface area contributed by atoms with Crippen molar-refractivity contribution in [3.05, 3.63) is 29.3 Å². The molecule has 0 amide bonds. The van der Waals surface area contributed by atoms with Crippen LogP contribution in [0.2, 0.25) is 0 Å². The van der Waals surface area contributed by atoms with Crippen LogP contribution in [-0.2, 0) is 0 Å². The molecule has 0 bridgehead atoms. The van der Waals surface area contributed by atoms with Gasteiger partial charge in [-0.2, -0.15) is 0 Å². The normalized spacial score (nSPS) is 7.92. The van der Waals surface area contributed by atoms with Gasteiger partial charge in [0.2, 0.25) is 0 Å². The Balaban J connectivity index is 0.000000671. The van der Waals surface area contributed by atoms with Crippen LogP contribution in [0.15, 0.2) is 18.2 Å². The molecular weight excluding hydrogens is 160 g/mol. The predicted octanol–water partition coefficient (Wildman–Crippen LogP) is 3.01. The molecule has 0 saturated carbocycles. The molecule has 13 heavy (non-hydrogen) atoms. The first-order chi connectivity index (χ1) is 6.29. The van der Waals surface area contributed by atoms with Crippen LogP contribution in [0.4, 0.5) is 0 Å². The molecule has 0 aromatic heterocycles. The van der Waals surface area contributed by atoms with Gasteiger partial charge in [0.05, 0.1) is 7.11 Å². The molecule has 0 atom stereocenters. The molecule has 0 unspecified atom stereocenters. The summed E-state index contributed by atoms with van der Waals surface area (Å²) in [5.74, 6) is 3.44. The van der Waals surface area contributed by atoms with E-state index in [2.05, 4.69) is 5.92 Å². The van der Waals surface area contributed by atoms with Crippen LogP contribution in [0.3, 0.4) is 0 Å². The van der Waals surface area contributed by atoms with E-state index in [9.17, 15) is 0 Å². The highest BCUT2D eigenvalue weighted by Crippen LogP contribution is 2.19. The number of rotatable bonds is 1. The van der Waals surface area contributed by atoms with Gasteiger partial charge >= 0.3 is 0 Å². The molecule has 0 N–H and O–H groups in total. The van der Waals surface area contributed by atoms with Gasteiger partial charge in [0.15, 0.2) is 0 Å². The van der Waals surface area contributed by atoms with Gasteiger partial charge < -0.3 is 4.74 Å². The number of benzene rings is 1. The lowest BCUT2D eigenvalue weighted by molar-refractivity contribution is 0.411. The average molecular weight is 176 g/mol. The Morgan fingerprint density at radius 2 is 1.92 bits per heavy atom.